The van der Waals surface area contributed by atoms with E-state index in [0.717, 1.165) is 18.4 Å². The topological polar surface area (TPSA) is 37.4 Å². The highest BCUT2D eigenvalue weighted by Gasteiger charge is 2.27. The lowest BCUT2D eigenvalue weighted by molar-refractivity contribution is 0.368. The lowest BCUT2D eigenvalue weighted by Gasteiger charge is -2.24. The van der Waals surface area contributed by atoms with Gasteiger partial charge in [0.05, 0.1) is 4.90 Å². The summed E-state index contributed by atoms with van der Waals surface area (Å²) in [5.74, 6) is 0.296. The molecule has 0 amide bonds. The van der Waals surface area contributed by atoms with Gasteiger partial charge in [0, 0.05) is 23.4 Å². The van der Waals surface area contributed by atoms with E-state index in [9.17, 15) is 8.42 Å². The summed E-state index contributed by atoms with van der Waals surface area (Å²) in [6.45, 7) is 3.96. The van der Waals surface area contributed by atoms with Crippen molar-refractivity contribution in [2.75, 3.05) is 7.05 Å². The van der Waals surface area contributed by atoms with Crippen molar-refractivity contribution in [3.8, 4) is 0 Å². The smallest absolute Gasteiger partial charge is 0.207 e. The van der Waals surface area contributed by atoms with E-state index < -0.39 is 10.0 Å². The Kier molecular flexibility index (Phi) is 6.30. The fourth-order valence-electron chi connectivity index (χ4n) is 1.82. The van der Waals surface area contributed by atoms with Crippen molar-refractivity contribution in [3.63, 3.8) is 0 Å². The van der Waals surface area contributed by atoms with E-state index in [2.05, 4.69) is 15.9 Å². The van der Waals surface area contributed by atoms with E-state index in [1.165, 1.54) is 4.31 Å². The Hall–Kier alpha value is -0.100. The average Bonchev–Trinajstić information content (AvgIpc) is 2.38. The highest BCUT2D eigenvalue weighted by atomic mass is 79.9. The summed E-state index contributed by atoms with van der Waals surface area (Å²) < 4.78 is 27.2. The molecule has 0 saturated carbocycles. The summed E-state index contributed by atoms with van der Waals surface area (Å²) in [7, 11) is -1.88. The van der Waals surface area contributed by atoms with Crippen molar-refractivity contribution in [2.45, 2.75) is 43.5 Å². The Morgan fingerprint density at radius 1 is 1.42 bits per heavy atom. The molecule has 1 rings (SSSR count). The van der Waals surface area contributed by atoms with Crippen LogP contribution in [0, 0.1) is 0 Å². The minimum Gasteiger partial charge on any atom is -0.207 e. The predicted octanol–water partition coefficient (Wildman–Crippen LogP) is 4.00. The molecule has 0 aliphatic heterocycles. The average molecular weight is 369 g/mol. The Bertz CT molecular complexity index is 533. The van der Waals surface area contributed by atoms with Crippen LogP contribution in [0.1, 0.15) is 32.3 Å². The van der Waals surface area contributed by atoms with Crippen LogP contribution < -0.4 is 0 Å². The van der Waals surface area contributed by atoms with Crippen LogP contribution in [0.3, 0.4) is 0 Å². The second-order valence-corrected chi connectivity index (χ2v) is 7.64. The molecule has 6 heteroatoms. The largest absolute Gasteiger partial charge is 0.244 e. The zero-order valence-corrected chi connectivity index (χ0v) is 14.5. The third-order valence-corrected chi connectivity index (χ3v) is 6.41. The highest BCUT2D eigenvalue weighted by Crippen LogP contribution is 2.27. The molecule has 0 heterocycles. The fraction of sp³-hybridized carbons (Fsp3) is 0.538. The van der Waals surface area contributed by atoms with Crippen LogP contribution in [0.4, 0.5) is 0 Å². The van der Waals surface area contributed by atoms with Crippen LogP contribution in [0.2, 0.25) is 0 Å². The van der Waals surface area contributed by atoms with Gasteiger partial charge in [-0.25, -0.2) is 8.42 Å². The summed E-state index contributed by atoms with van der Waals surface area (Å²) in [6.07, 6.45) is 1.78. The molecule has 19 heavy (non-hydrogen) atoms. The second-order valence-electron chi connectivity index (χ2n) is 4.56. The van der Waals surface area contributed by atoms with Crippen LogP contribution in [0.25, 0.3) is 0 Å². The molecule has 0 spiro atoms. The summed E-state index contributed by atoms with van der Waals surface area (Å²) in [5, 5.41) is 0. The maximum absolute atomic E-state index is 12.6. The van der Waals surface area contributed by atoms with Gasteiger partial charge in [-0.2, -0.15) is 4.31 Å². The summed E-state index contributed by atoms with van der Waals surface area (Å²) in [4.78, 5) is 0.274. The van der Waals surface area contributed by atoms with E-state index in [4.69, 9.17) is 11.6 Å². The lowest BCUT2D eigenvalue weighted by atomic mass is 10.2. The summed E-state index contributed by atoms with van der Waals surface area (Å²) >= 11 is 9.07. The molecule has 0 aliphatic rings. The molecule has 108 valence electrons. The molecular formula is C13H19BrClNO2S. The Labute approximate surface area is 129 Å². The SMILES string of the molecule is CCCC(C)N(C)S(=O)(=O)c1cc(CCl)ccc1Br. The molecule has 0 bridgehead atoms. The minimum absolute atomic E-state index is 0.0263. The standard InChI is InChI=1S/C13H19BrClNO2S/c1-4-5-10(2)16(3)19(17,18)13-8-11(9-15)6-7-12(13)14/h6-8,10H,4-5,9H2,1-3H3. The molecule has 1 unspecified atom stereocenters. The Morgan fingerprint density at radius 2 is 2.05 bits per heavy atom. The first kappa shape index (κ1) is 17.0. The molecule has 3 nitrogen and oxygen atoms in total. The van der Waals surface area contributed by atoms with Crippen LogP contribution in [0.5, 0.6) is 0 Å². The van der Waals surface area contributed by atoms with Gasteiger partial charge in [0.15, 0.2) is 0 Å². The summed E-state index contributed by atoms with van der Waals surface area (Å²) in [5.41, 5.74) is 0.792. The van der Waals surface area contributed by atoms with Gasteiger partial charge in [0.25, 0.3) is 0 Å². The van der Waals surface area contributed by atoms with Crippen LogP contribution >= 0.6 is 27.5 Å². The first-order valence-electron chi connectivity index (χ1n) is 6.17. The summed E-state index contributed by atoms with van der Waals surface area (Å²) in [6, 6.07) is 5.14. The lowest BCUT2D eigenvalue weighted by Crippen LogP contribution is -2.35. The van der Waals surface area contributed by atoms with E-state index in [1.54, 1.807) is 19.2 Å². The number of halogens is 2. The Morgan fingerprint density at radius 3 is 2.58 bits per heavy atom. The number of sulfonamides is 1. The highest BCUT2D eigenvalue weighted by molar-refractivity contribution is 9.10. The quantitative estimate of drug-likeness (QED) is 0.712. The number of hydrogen-bond donors (Lipinski definition) is 0. The first-order valence-corrected chi connectivity index (χ1v) is 8.93. The van der Waals surface area contributed by atoms with Gasteiger partial charge in [-0.15, -0.1) is 11.6 Å². The molecule has 0 aliphatic carbocycles. The van der Waals surface area contributed by atoms with Gasteiger partial charge >= 0.3 is 0 Å². The van der Waals surface area contributed by atoms with Crippen LogP contribution in [-0.2, 0) is 15.9 Å². The number of alkyl halides is 1. The number of nitrogens with zero attached hydrogens (tertiary/aromatic N) is 1. The van der Waals surface area contributed by atoms with Gasteiger partial charge in [0.2, 0.25) is 10.0 Å². The van der Waals surface area contributed by atoms with E-state index in [1.807, 2.05) is 19.9 Å². The monoisotopic (exact) mass is 367 g/mol. The Balaban J connectivity index is 3.19. The maximum atomic E-state index is 12.6. The van der Waals surface area contributed by atoms with Crippen molar-refractivity contribution in [1.82, 2.24) is 4.31 Å². The van der Waals surface area contributed by atoms with Gasteiger partial charge in [0.1, 0.15) is 0 Å². The van der Waals surface area contributed by atoms with Crippen molar-refractivity contribution < 1.29 is 8.42 Å². The minimum atomic E-state index is -3.50. The van der Waals surface area contributed by atoms with Gasteiger partial charge in [-0.05, 0) is 47.0 Å². The molecule has 1 aromatic carbocycles. The molecular weight excluding hydrogens is 350 g/mol. The number of rotatable bonds is 6. The predicted molar refractivity (Wildman–Crippen MR) is 83.0 cm³/mol. The van der Waals surface area contributed by atoms with Gasteiger partial charge < -0.3 is 0 Å². The third kappa shape index (κ3) is 3.94. The van der Waals surface area contributed by atoms with Gasteiger partial charge in [-0.3, -0.25) is 0 Å². The van der Waals surface area contributed by atoms with Crippen LogP contribution in [-0.4, -0.2) is 25.8 Å². The third-order valence-electron chi connectivity index (χ3n) is 3.13. The van der Waals surface area contributed by atoms with Crippen molar-refractivity contribution in [2.24, 2.45) is 0 Å². The number of hydrogen-bond acceptors (Lipinski definition) is 2. The first-order chi connectivity index (χ1) is 8.84. The molecule has 0 radical (unpaired) electrons. The zero-order chi connectivity index (χ0) is 14.6. The molecule has 0 N–H and O–H groups in total. The van der Waals surface area contributed by atoms with Crippen molar-refractivity contribution in [1.29, 1.82) is 0 Å². The molecule has 0 saturated heterocycles. The van der Waals surface area contributed by atoms with Crippen LogP contribution in [0.15, 0.2) is 27.6 Å². The molecule has 0 aromatic heterocycles. The maximum Gasteiger partial charge on any atom is 0.244 e. The number of benzene rings is 1. The normalized spacial score (nSPS) is 13.8. The van der Waals surface area contributed by atoms with Gasteiger partial charge in [-0.1, -0.05) is 19.4 Å². The van der Waals surface area contributed by atoms with E-state index in [0.29, 0.717) is 10.4 Å². The molecule has 1 aromatic rings. The second kappa shape index (κ2) is 7.07. The van der Waals surface area contributed by atoms with Crippen molar-refractivity contribution in [3.05, 3.63) is 28.2 Å². The molecule has 1 atom stereocenters. The molecule has 0 fully saturated rings. The zero-order valence-electron chi connectivity index (χ0n) is 11.4. The van der Waals surface area contributed by atoms with E-state index in [-0.39, 0.29) is 10.9 Å². The fourth-order valence-corrected chi connectivity index (χ4v) is 4.35. The van der Waals surface area contributed by atoms with Crippen molar-refractivity contribution >= 4 is 37.6 Å². The van der Waals surface area contributed by atoms with E-state index >= 15 is 0 Å².